The predicted octanol–water partition coefficient (Wildman–Crippen LogP) is 2.16. The summed E-state index contributed by atoms with van der Waals surface area (Å²) >= 11 is 0. The molecular formula is C15H21NO3. The summed E-state index contributed by atoms with van der Waals surface area (Å²) in [6.07, 6.45) is 0. The van der Waals surface area contributed by atoms with Gasteiger partial charge in [-0.1, -0.05) is 30.4 Å². The molecule has 4 nitrogen and oxygen atoms in total. The third kappa shape index (κ3) is 5.68. The van der Waals surface area contributed by atoms with Gasteiger partial charge in [-0.2, -0.15) is 0 Å². The van der Waals surface area contributed by atoms with E-state index in [1.165, 1.54) is 0 Å². The minimum Gasteiger partial charge on any atom is -0.380 e. The van der Waals surface area contributed by atoms with Gasteiger partial charge in [-0.3, -0.25) is 4.79 Å². The molecule has 0 heterocycles. The smallest absolute Gasteiger partial charge is 0.251 e. The van der Waals surface area contributed by atoms with E-state index in [0.29, 0.717) is 31.9 Å². The maximum absolute atomic E-state index is 12.0. The van der Waals surface area contributed by atoms with E-state index in [2.05, 4.69) is 11.9 Å². The quantitative estimate of drug-likeness (QED) is 0.577. The van der Waals surface area contributed by atoms with Crippen LogP contribution >= 0.6 is 0 Å². The SMILES string of the molecule is C=C(C)COCCNC(=O)c1ccccc1COC. The molecule has 0 saturated carbocycles. The number of ether oxygens (including phenoxy) is 2. The first-order valence-corrected chi connectivity index (χ1v) is 6.22. The first kappa shape index (κ1) is 15.4. The lowest BCUT2D eigenvalue weighted by atomic mass is 10.1. The summed E-state index contributed by atoms with van der Waals surface area (Å²) in [7, 11) is 1.61. The van der Waals surface area contributed by atoms with Gasteiger partial charge in [0.05, 0.1) is 19.8 Å². The molecule has 0 aromatic heterocycles. The van der Waals surface area contributed by atoms with Gasteiger partial charge in [0.1, 0.15) is 0 Å². The molecule has 0 aliphatic carbocycles. The Kier molecular flexibility index (Phi) is 6.85. The molecule has 19 heavy (non-hydrogen) atoms. The predicted molar refractivity (Wildman–Crippen MR) is 75.1 cm³/mol. The molecule has 0 unspecified atom stereocenters. The summed E-state index contributed by atoms with van der Waals surface area (Å²) in [6, 6.07) is 7.40. The van der Waals surface area contributed by atoms with Crippen LogP contribution in [0.25, 0.3) is 0 Å². The second-order valence-electron chi connectivity index (χ2n) is 4.36. The highest BCUT2D eigenvalue weighted by Crippen LogP contribution is 2.09. The van der Waals surface area contributed by atoms with Crippen LogP contribution in [0.1, 0.15) is 22.8 Å². The topological polar surface area (TPSA) is 47.6 Å². The fourth-order valence-electron chi connectivity index (χ4n) is 1.60. The van der Waals surface area contributed by atoms with Crippen LogP contribution < -0.4 is 5.32 Å². The van der Waals surface area contributed by atoms with Crippen LogP contribution in [-0.4, -0.2) is 32.8 Å². The Hall–Kier alpha value is -1.65. The second kappa shape index (κ2) is 8.45. The molecule has 0 aliphatic rings. The highest BCUT2D eigenvalue weighted by Gasteiger charge is 2.09. The largest absolute Gasteiger partial charge is 0.380 e. The van der Waals surface area contributed by atoms with Crippen molar-refractivity contribution in [2.45, 2.75) is 13.5 Å². The Morgan fingerprint density at radius 1 is 1.37 bits per heavy atom. The van der Waals surface area contributed by atoms with Crippen molar-refractivity contribution in [1.29, 1.82) is 0 Å². The molecule has 104 valence electrons. The van der Waals surface area contributed by atoms with E-state index in [1.54, 1.807) is 13.2 Å². The number of hydrogen-bond acceptors (Lipinski definition) is 3. The number of nitrogens with one attached hydrogen (secondary N) is 1. The van der Waals surface area contributed by atoms with Crippen molar-refractivity contribution in [2.24, 2.45) is 0 Å². The number of hydrogen-bond donors (Lipinski definition) is 1. The third-order valence-electron chi connectivity index (χ3n) is 2.44. The molecule has 1 amide bonds. The van der Waals surface area contributed by atoms with Gasteiger partial charge in [-0.15, -0.1) is 0 Å². The summed E-state index contributed by atoms with van der Waals surface area (Å²) < 4.78 is 10.4. The van der Waals surface area contributed by atoms with Crippen molar-refractivity contribution in [1.82, 2.24) is 5.32 Å². The molecule has 0 radical (unpaired) electrons. The molecule has 0 aliphatic heterocycles. The normalized spacial score (nSPS) is 10.2. The van der Waals surface area contributed by atoms with Gasteiger partial charge >= 0.3 is 0 Å². The fourth-order valence-corrected chi connectivity index (χ4v) is 1.60. The lowest BCUT2D eigenvalue weighted by molar-refractivity contribution is 0.0922. The van der Waals surface area contributed by atoms with Gasteiger partial charge in [0, 0.05) is 19.2 Å². The van der Waals surface area contributed by atoms with Crippen LogP contribution in [0.3, 0.4) is 0 Å². The molecule has 4 heteroatoms. The Balaban J connectivity index is 2.43. The zero-order valence-electron chi connectivity index (χ0n) is 11.6. The number of benzene rings is 1. The average Bonchev–Trinajstić information content (AvgIpc) is 2.39. The van der Waals surface area contributed by atoms with E-state index in [4.69, 9.17) is 9.47 Å². The van der Waals surface area contributed by atoms with Crippen LogP contribution in [0.15, 0.2) is 36.4 Å². The monoisotopic (exact) mass is 263 g/mol. The summed E-state index contributed by atoms with van der Waals surface area (Å²) in [5, 5.41) is 2.82. The maximum atomic E-state index is 12.0. The minimum atomic E-state index is -0.105. The highest BCUT2D eigenvalue weighted by molar-refractivity contribution is 5.95. The average molecular weight is 263 g/mol. The number of carbonyl (C=O) groups is 1. The molecule has 1 aromatic rings. The number of rotatable bonds is 8. The van der Waals surface area contributed by atoms with Crippen molar-refractivity contribution < 1.29 is 14.3 Å². The zero-order valence-corrected chi connectivity index (χ0v) is 11.6. The highest BCUT2D eigenvalue weighted by atomic mass is 16.5. The first-order valence-electron chi connectivity index (χ1n) is 6.22. The Morgan fingerprint density at radius 3 is 2.79 bits per heavy atom. The van der Waals surface area contributed by atoms with Crippen molar-refractivity contribution >= 4 is 5.91 Å². The Morgan fingerprint density at radius 2 is 2.11 bits per heavy atom. The van der Waals surface area contributed by atoms with E-state index in [0.717, 1.165) is 11.1 Å². The molecule has 1 aromatic carbocycles. The summed E-state index contributed by atoms with van der Waals surface area (Å²) in [6.45, 7) is 7.55. The summed E-state index contributed by atoms with van der Waals surface area (Å²) in [5.41, 5.74) is 2.49. The van der Waals surface area contributed by atoms with Crippen LogP contribution in [-0.2, 0) is 16.1 Å². The van der Waals surface area contributed by atoms with E-state index in [1.807, 2.05) is 25.1 Å². The molecule has 0 atom stereocenters. The molecule has 1 N–H and O–H groups in total. The third-order valence-corrected chi connectivity index (χ3v) is 2.44. The van der Waals surface area contributed by atoms with Crippen LogP contribution in [0, 0.1) is 0 Å². The van der Waals surface area contributed by atoms with E-state index in [9.17, 15) is 4.79 Å². The van der Waals surface area contributed by atoms with Crippen LogP contribution in [0.2, 0.25) is 0 Å². The van der Waals surface area contributed by atoms with Gasteiger partial charge in [0.15, 0.2) is 0 Å². The number of methoxy groups -OCH3 is 1. The van der Waals surface area contributed by atoms with E-state index in [-0.39, 0.29) is 5.91 Å². The minimum absolute atomic E-state index is 0.105. The summed E-state index contributed by atoms with van der Waals surface area (Å²) in [5.74, 6) is -0.105. The van der Waals surface area contributed by atoms with Crippen LogP contribution in [0.5, 0.6) is 0 Å². The van der Waals surface area contributed by atoms with Gasteiger partial charge < -0.3 is 14.8 Å². The van der Waals surface area contributed by atoms with Gasteiger partial charge in [0.25, 0.3) is 5.91 Å². The van der Waals surface area contributed by atoms with Gasteiger partial charge in [-0.05, 0) is 18.6 Å². The molecule has 0 saturated heterocycles. The van der Waals surface area contributed by atoms with E-state index >= 15 is 0 Å². The van der Waals surface area contributed by atoms with Crippen LogP contribution in [0.4, 0.5) is 0 Å². The first-order chi connectivity index (χ1) is 9.15. The number of carbonyl (C=O) groups excluding carboxylic acids is 1. The van der Waals surface area contributed by atoms with Crippen molar-refractivity contribution in [3.63, 3.8) is 0 Å². The standard InChI is InChI=1S/C15H21NO3/c1-12(2)10-19-9-8-16-15(17)14-7-5-4-6-13(14)11-18-3/h4-7H,1,8-11H2,2-3H3,(H,16,17). The zero-order chi connectivity index (χ0) is 14.1. The summed E-state index contributed by atoms with van der Waals surface area (Å²) in [4.78, 5) is 12.0. The molecule has 1 rings (SSSR count). The molecule has 0 fully saturated rings. The van der Waals surface area contributed by atoms with E-state index < -0.39 is 0 Å². The van der Waals surface area contributed by atoms with Gasteiger partial charge in [-0.25, -0.2) is 0 Å². The van der Waals surface area contributed by atoms with Gasteiger partial charge in [0.2, 0.25) is 0 Å². The van der Waals surface area contributed by atoms with Crippen molar-refractivity contribution in [2.75, 3.05) is 26.9 Å². The lowest BCUT2D eigenvalue weighted by Crippen LogP contribution is -2.28. The Bertz CT molecular complexity index is 429. The molecule has 0 bridgehead atoms. The molecular weight excluding hydrogens is 242 g/mol. The maximum Gasteiger partial charge on any atom is 0.251 e. The van der Waals surface area contributed by atoms with Crippen molar-refractivity contribution in [3.05, 3.63) is 47.5 Å². The number of amides is 1. The second-order valence-corrected chi connectivity index (χ2v) is 4.36. The molecule has 0 spiro atoms. The van der Waals surface area contributed by atoms with Crippen molar-refractivity contribution in [3.8, 4) is 0 Å². The fraction of sp³-hybridized carbons (Fsp3) is 0.400. The Labute approximate surface area is 114 Å². The lowest BCUT2D eigenvalue weighted by Gasteiger charge is -2.10.